The van der Waals surface area contributed by atoms with Gasteiger partial charge in [-0.3, -0.25) is 19.2 Å². The molecular formula is C20H33N5O2. The molecule has 2 N–H and O–H groups in total. The summed E-state index contributed by atoms with van der Waals surface area (Å²) in [6.07, 6.45) is 6.40. The van der Waals surface area contributed by atoms with Crippen LogP contribution in [-0.2, 0) is 22.7 Å². The molecule has 1 saturated carbocycles. The second kappa shape index (κ2) is 8.00. The second-order valence-electron chi connectivity index (χ2n) is 8.46. The van der Waals surface area contributed by atoms with Crippen molar-refractivity contribution in [2.45, 2.75) is 78.0 Å². The molecule has 150 valence electrons. The summed E-state index contributed by atoms with van der Waals surface area (Å²) in [4.78, 5) is 27.4. The minimum absolute atomic E-state index is 0.0469. The molecule has 27 heavy (non-hydrogen) atoms. The van der Waals surface area contributed by atoms with E-state index >= 15 is 0 Å². The van der Waals surface area contributed by atoms with Crippen molar-refractivity contribution in [1.82, 2.24) is 25.3 Å². The molecule has 1 aromatic rings. The van der Waals surface area contributed by atoms with Crippen LogP contribution in [0.25, 0.3) is 0 Å². The zero-order chi connectivity index (χ0) is 19.6. The van der Waals surface area contributed by atoms with Gasteiger partial charge in [-0.05, 0) is 26.7 Å². The van der Waals surface area contributed by atoms with Gasteiger partial charge in [0, 0.05) is 43.9 Å². The maximum atomic E-state index is 12.9. The molecule has 1 aliphatic carbocycles. The molecule has 2 heterocycles. The van der Waals surface area contributed by atoms with Crippen LogP contribution in [0.2, 0.25) is 0 Å². The third kappa shape index (κ3) is 4.51. The molecule has 1 unspecified atom stereocenters. The number of rotatable bonds is 5. The molecule has 2 aliphatic rings. The molecule has 2 amide bonds. The summed E-state index contributed by atoms with van der Waals surface area (Å²) < 4.78 is 1.95. The van der Waals surface area contributed by atoms with Gasteiger partial charge in [-0.2, -0.15) is 5.10 Å². The minimum atomic E-state index is -0.513. The van der Waals surface area contributed by atoms with Gasteiger partial charge >= 0.3 is 0 Å². The predicted octanol–water partition coefficient (Wildman–Crippen LogP) is 1.60. The quantitative estimate of drug-likeness (QED) is 0.819. The molecule has 1 atom stereocenters. The predicted molar refractivity (Wildman–Crippen MR) is 104 cm³/mol. The Labute approximate surface area is 161 Å². The van der Waals surface area contributed by atoms with Gasteiger partial charge in [0.05, 0.1) is 11.2 Å². The van der Waals surface area contributed by atoms with Crippen molar-refractivity contribution in [3.8, 4) is 0 Å². The van der Waals surface area contributed by atoms with Crippen molar-refractivity contribution in [2.24, 2.45) is 5.92 Å². The van der Waals surface area contributed by atoms with Crippen LogP contribution in [0, 0.1) is 12.8 Å². The lowest BCUT2D eigenvalue weighted by atomic mass is 9.97. The monoisotopic (exact) mass is 375 g/mol. The summed E-state index contributed by atoms with van der Waals surface area (Å²) in [6, 6.07) is -0.513. The Morgan fingerprint density at radius 2 is 2.11 bits per heavy atom. The van der Waals surface area contributed by atoms with Crippen molar-refractivity contribution >= 4 is 11.8 Å². The van der Waals surface area contributed by atoms with Crippen LogP contribution in [0.3, 0.4) is 0 Å². The third-order valence-electron chi connectivity index (χ3n) is 5.84. The van der Waals surface area contributed by atoms with Gasteiger partial charge in [-0.25, -0.2) is 0 Å². The average molecular weight is 376 g/mol. The molecular weight excluding hydrogens is 342 g/mol. The van der Waals surface area contributed by atoms with E-state index < -0.39 is 6.04 Å². The van der Waals surface area contributed by atoms with E-state index in [2.05, 4.69) is 33.8 Å². The molecule has 1 spiro atoms. The Morgan fingerprint density at radius 1 is 1.41 bits per heavy atom. The highest BCUT2D eigenvalue weighted by Gasteiger charge is 2.42. The largest absolute Gasteiger partial charge is 0.348 e. The number of nitrogens with one attached hydrogen (secondary N) is 2. The van der Waals surface area contributed by atoms with Crippen LogP contribution >= 0.6 is 0 Å². The summed E-state index contributed by atoms with van der Waals surface area (Å²) in [5.41, 5.74) is 2.06. The maximum absolute atomic E-state index is 12.9. The summed E-state index contributed by atoms with van der Waals surface area (Å²) in [6.45, 7) is 10.8. The molecule has 7 nitrogen and oxygen atoms in total. The van der Waals surface area contributed by atoms with Gasteiger partial charge in [0.2, 0.25) is 11.8 Å². The van der Waals surface area contributed by atoms with E-state index in [1.54, 1.807) is 0 Å². The van der Waals surface area contributed by atoms with Gasteiger partial charge < -0.3 is 10.6 Å². The fourth-order valence-corrected chi connectivity index (χ4v) is 4.24. The molecule has 3 rings (SSSR count). The zero-order valence-corrected chi connectivity index (χ0v) is 17.0. The number of aryl methyl sites for hydroxylation is 2. The first-order valence-electron chi connectivity index (χ1n) is 10.2. The van der Waals surface area contributed by atoms with Crippen LogP contribution in [0.4, 0.5) is 0 Å². The highest BCUT2D eigenvalue weighted by atomic mass is 16.2. The Morgan fingerprint density at radius 3 is 2.70 bits per heavy atom. The molecule has 0 bridgehead atoms. The lowest BCUT2D eigenvalue weighted by Gasteiger charge is -2.32. The molecule has 0 aromatic carbocycles. The highest BCUT2D eigenvalue weighted by Crippen LogP contribution is 2.32. The molecule has 0 radical (unpaired) electrons. The van der Waals surface area contributed by atoms with Gasteiger partial charge in [0.1, 0.15) is 6.04 Å². The molecule has 1 aromatic heterocycles. The standard InChI is InChI=1S/C20H33N5O2/c1-5-25-11-16(15(4)23-25)10-24-12-17(21-18(26)14(2)3)19(27)22-20(13-24)8-6-7-9-20/h11,14,17H,5-10,12-13H2,1-4H3,(H,21,26)(H,22,27). The van der Waals surface area contributed by atoms with E-state index in [1.807, 2.05) is 25.5 Å². The SMILES string of the molecule is CCn1cc(CN2CC(NC(=O)C(C)C)C(=O)NC3(CCCC3)C2)c(C)n1. The van der Waals surface area contributed by atoms with E-state index in [0.29, 0.717) is 6.54 Å². The lowest BCUT2D eigenvalue weighted by Crippen LogP contribution is -2.54. The van der Waals surface area contributed by atoms with Crippen molar-refractivity contribution in [3.05, 3.63) is 17.5 Å². The van der Waals surface area contributed by atoms with Gasteiger partial charge in [-0.1, -0.05) is 26.7 Å². The zero-order valence-electron chi connectivity index (χ0n) is 17.0. The van der Waals surface area contributed by atoms with E-state index in [4.69, 9.17) is 0 Å². The average Bonchev–Trinajstić information content (AvgIpc) is 3.17. The maximum Gasteiger partial charge on any atom is 0.244 e. The number of hydrogen-bond donors (Lipinski definition) is 2. The van der Waals surface area contributed by atoms with Crippen LogP contribution in [-0.4, -0.2) is 51.2 Å². The lowest BCUT2D eigenvalue weighted by molar-refractivity contribution is -0.131. The van der Waals surface area contributed by atoms with Gasteiger partial charge in [0.15, 0.2) is 0 Å². The third-order valence-corrected chi connectivity index (χ3v) is 5.84. The van der Waals surface area contributed by atoms with E-state index in [0.717, 1.165) is 51.0 Å². The number of aromatic nitrogens is 2. The summed E-state index contributed by atoms with van der Waals surface area (Å²) >= 11 is 0. The number of carbonyl (C=O) groups is 2. The highest BCUT2D eigenvalue weighted by molar-refractivity contribution is 5.89. The first-order valence-corrected chi connectivity index (χ1v) is 10.2. The second-order valence-corrected chi connectivity index (χ2v) is 8.46. The first-order chi connectivity index (χ1) is 12.8. The number of carbonyl (C=O) groups excluding carboxylic acids is 2. The summed E-state index contributed by atoms with van der Waals surface area (Å²) in [5.74, 6) is -0.262. The fraction of sp³-hybridized carbons (Fsp3) is 0.750. The normalized spacial score (nSPS) is 22.9. The number of amides is 2. The smallest absolute Gasteiger partial charge is 0.244 e. The van der Waals surface area contributed by atoms with E-state index in [-0.39, 0.29) is 23.3 Å². The van der Waals surface area contributed by atoms with Crippen LogP contribution in [0.5, 0.6) is 0 Å². The summed E-state index contributed by atoms with van der Waals surface area (Å²) in [7, 11) is 0. The van der Waals surface area contributed by atoms with Crippen LogP contribution in [0.15, 0.2) is 6.20 Å². The molecule has 2 fully saturated rings. The molecule has 1 aliphatic heterocycles. The minimum Gasteiger partial charge on any atom is -0.348 e. The Bertz CT molecular complexity index is 691. The number of nitrogens with zero attached hydrogens (tertiary/aromatic N) is 3. The summed E-state index contributed by atoms with van der Waals surface area (Å²) in [5, 5.41) is 10.8. The Hall–Kier alpha value is -1.89. The molecule has 1 saturated heterocycles. The Balaban J connectivity index is 1.81. The van der Waals surface area contributed by atoms with E-state index in [1.165, 1.54) is 5.56 Å². The topological polar surface area (TPSA) is 79.3 Å². The van der Waals surface area contributed by atoms with Crippen LogP contribution < -0.4 is 10.6 Å². The number of hydrogen-bond acceptors (Lipinski definition) is 4. The Kier molecular flexibility index (Phi) is 5.89. The van der Waals surface area contributed by atoms with Crippen molar-refractivity contribution < 1.29 is 9.59 Å². The van der Waals surface area contributed by atoms with E-state index in [9.17, 15) is 9.59 Å². The van der Waals surface area contributed by atoms with Crippen molar-refractivity contribution in [2.75, 3.05) is 13.1 Å². The van der Waals surface area contributed by atoms with Crippen molar-refractivity contribution in [1.29, 1.82) is 0 Å². The first kappa shape index (κ1) is 19.9. The van der Waals surface area contributed by atoms with Crippen LogP contribution in [0.1, 0.15) is 57.7 Å². The van der Waals surface area contributed by atoms with Gasteiger partial charge in [0.25, 0.3) is 0 Å². The van der Waals surface area contributed by atoms with Crippen molar-refractivity contribution in [3.63, 3.8) is 0 Å². The fourth-order valence-electron chi connectivity index (χ4n) is 4.24. The molecule has 7 heteroatoms. The van der Waals surface area contributed by atoms with Gasteiger partial charge in [-0.15, -0.1) is 0 Å².